The third-order valence-electron chi connectivity index (χ3n) is 8.98. The van der Waals surface area contributed by atoms with E-state index in [1.807, 2.05) is 12.1 Å². The Balaban J connectivity index is 1.24. The van der Waals surface area contributed by atoms with Gasteiger partial charge in [-0.05, 0) is 82.6 Å². The van der Waals surface area contributed by atoms with Gasteiger partial charge in [-0.25, -0.2) is 0 Å². The summed E-state index contributed by atoms with van der Waals surface area (Å²) in [5.41, 5.74) is 9.46. The van der Waals surface area contributed by atoms with Crippen molar-refractivity contribution in [2.45, 2.75) is 0 Å². The van der Waals surface area contributed by atoms with E-state index in [1.54, 1.807) is 7.11 Å². The van der Waals surface area contributed by atoms with Crippen LogP contribution in [-0.4, -0.2) is 16.2 Å². The minimum absolute atomic E-state index is 0.848. The summed E-state index contributed by atoms with van der Waals surface area (Å²) in [6.07, 6.45) is 0. The normalized spacial score (nSPS) is 11.8. The van der Waals surface area contributed by atoms with Crippen LogP contribution in [0.3, 0.4) is 0 Å². The third-order valence-corrected chi connectivity index (χ3v) is 8.98. The van der Waals surface area contributed by atoms with Crippen molar-refractivity contribution in [1.29, 1.82) is 0 Å². The molecule has 0 saturated carbocycles. The van der Waals surface area contributed by atoms with Crippen LogP contribution in [0.2, 0.25) is 0 Å². The summed E-state index contributed by atoms with van der Waals surface area (Å²) >= 11 is 0. The van der Waals surface area contributed by atoms with Crippen LogP contribution in [0.15, 0.2) is 152 Å². The standard InChI is InChI=1S/C41H28N2O/c1-44-33-12-8-11-31(26-33)42-38-15-6-4-13-34(38)36-24-29(18-21-40(36)42)30-19-22-41-37(25-30)35-14-5-7-16-39(35)43(41)32-20-17-27-9-2-3-10-28(27)23-32/h2-26H,1H3. The number of nitrogens with zero attached hydrogens (tertiary/aromatic N) is 2. The second-order valence-electron chi connectivity index (χ2n) is 11.4. The van der Waals surface area contributed by atoms with E-state index in [9.17, 15) is 0 Å². The number of benzene rings is 7. The van der Waals surface area contributed by atoms with Crippen molar-refractivity contribution in [3.8, 4) is 28.3 Å². The van der Waals surface area contributed by atoms with Gasteiger partial charge in [0, 0.05) is 39.0 Å². The van der Waals surface area contributed by atoms with E-state index >= 15 is 0 Å². The average Bonchev–Trinajstić information content (AvgIpc) is 3.60. The molecule has 2 aromatic heterocycles. The number of ether oxygens (including phenoxy) is 1. The summed E-state index contributed by atoms with van der Waals surface area (Å²) in [6.45, 7) is 0. The first-order valence-corrected chi connectivity index (χ1v) is 15.0. The fourth-order valence-corrected chi connectivity index (χ4v) is 6.93. The molecule has 7 aromatic carbocycles. The average molecular weight is 565 g/mol. The highest BCUT2D eigenvalue weighted by molar-refractivity contribution is 6.12. The summed E-state index contributed by atoms with van der Waals surface area (Å²) in [6, 6.07) is 54.7. The number of rotatable bonds is 4. The Morgan fingerprint density at radius 3 is 1.57 bits per heavy atom. The highest BCUT2D eigenvalue weighted by Crippen LogP contribution is 2.38. The van der Waals surface area contributed by atoms with Gasteiger partial charge in [0.2, 0.25) is 0 Å². The molecular formula is C41H28N2O. The highest BCUT2D eigenvalue weighted by atomic mass is 16.5. The molecule has 2 heterocycles. The highest BCUT2D eigenvalue weighted by Gasteiger charge is 2.16. The molecule has 0 unspecified atom stereocenters. The minimum Gasteiger partial charge on any atom is -0.497 e. The van der Waals surface area contributed by atoms with Crippen LogP contribution < -0.4 is 4.74 Å². The molecule has 0 bridgehead atoms. The number of hydrogen-bond donors (Lipinski definition) is 0. The van der Waals surface area contributed by atoms with Crippen LogP contribution in [0.5, 0.6) is 5.75 Å². The van der Waals surface area contributed by atoms with E-state index in [0.717, 1.165) is 11.4 Å². The Labute approximate surface area is 254 Å². The Kier molecular flexibility index (Phi) is 5.41. The van der Waals surface area contributed by atoms with Crippen molar-refractivity contribution in [2.75, 3.05) is 7.11 Å². The number of hydrogen-bond acceptors (Lipinski definition) is 1. The van der Waals surface area contributed by atoms with Gasteiger partial charge in [0.05, 0.1) is 29.2 Å². The third kappa shape index (κ3) is 3.69. The predicted molar refractivity (Wildman–Crippen MR) is 185 cm³/mol. The fourth-order valence-electron chi connectivity index (χ4n) is 6.93. The maximum atomic E-state index is 5.55. The van der Waals surface area contributed by atoms with Crippen molar-refractivity contribution in [1.82, 2.24) is 9.13 Å². The molecule has 0 aliphatic carbocycles. The number of methoxy groups -OCH3 is 1. The molecule has 3 heteroatoms. The number of para-hydroxylation sites is 2. The van der Waals surface area contributed by atoms with Crippen LogP contribution in [0.25, 0.3) is 76.9 Å². The summed E-state index contributed by atoms with van der Waals surface area (Å²) in [5, 5.41) is 7.48. The molecule has 0 spiro atoms. The van der Waals surface area contributed by atoms with E-state index in [0.29, 0.717) is 0 Å². The zero-order valence-corrected chi connectivity index (χ0v) is 24.2. The van der Waals surface area contributed by atoms with Gasteiger partial charge in [-0.1, -0.05) is 84.9 Å². The van der Waals surface area contributed by atoms with E-state index in [-0.39, 0.29) is 0 Å². The van der Waals surface area contributed by atoms with Crippen LogP contribution >= 0.6 is 0 Å². The molecule has 9 aromatic rings. The smallest absolute Gasteiger partial charge is 0.120 e. The van der Waals surface area contributed by atoms with Crippen LogP contribution in [-0.2, 0) is 0 Å². The largest absolute Gasteiger partial charge is 0.497 e. The number of aromatic nitrogens is 2. The Morgan fingerprint density at radius 1 is 0.386 bits per heavy atom. The monoisotopic (exact) mass is 564 g/mol. The summed E-state index contributed by atoms with van der Waals surface area (Å²) in [4.78, 5) is 0. The van der Waals surface area contributed by atoms with Crippen molar-refractivity contribution in [3.05, 3.63) is 152 Å². The van der Waals surface area contributed by atoms with Gasteiger partial charge in [0.25, 0.3) is 0 Å². The lowest BCUT2D eigenvalue weighted by atomic mass is 10.0. The predicted octanol–water partition coefficient (Wildman–Crippen LogP) is 10.7. The van der Waals surface area contributed by atoms with Crippen LogP contribution in [0, 0.1) is 0 Å². The number of fused-ring (bicyclic) bond motifs is 7. The van der Waals surface area contributed by atoms with Gasteiger partial charge in [-0.3, -0.25) is 0 Å². The minimum atomic E-state index is 0.848. The quantitative estimate of drug-likeness (QED) is 0.208. The van der Waals surface area contributed by atoms with E-state index < -0.39 is 0 Å². The molecule has 0 atom stereocenters. The lowest BCUT2D eigenvalue weighted by Gasteiger charge is -2.10. The zero-order chi connectivity index (χ0) is 29.2. The second kappa shape index (κ2) is 9.62. The summed E-state index contributed by atoms with van der Waals surface area (Å²) in [7, 11) is 1.72. The lowest BCUT2D eigenvalue weighted by molar-refractivity contribution is 0.414. The first kappa shape index (κ1) is 24.8. The Morgan fingerprint density at radius 2 is 0.932 bits per heavy atom. The molecule has 0 fully saturated rings. The van der Waals surface area contributed by atoms with Gasteiger partial charge in [0.15, 0.2) is 0 Å². The van der Waals surface area contributed by atoms with E-state index in [4.69, 9.17) is 4.74 Å². The SMILES string of the molecule is COc1cccc(-n2c3ccccc3c3cc(-c4ccc5c(c4)c4ccccc4n5-c4ccc5ccccc5c4)ccc32)c1. The van der Waals surface area contributed by atoms with E-state index in [1.165, 1.54) is 71.2 Å². The zero-order valence-electron chi connectivity index (χ0n) is 24.2. The molecule has 0 N–H and O–H groups in total. The molecule has 0 saturated heterocycles. The first-order chi connectivity index (χ1) is 21.8. The fraction of sp³-hybridized carbons (Fsp3) is 0.0244. The van der Waals surface area contributed by atoms with Gasteiger partial charge in [-0.2, -0.15) is 0 Å². The molecule has 0 amide bonds. The van der Waals surface area contributed by atoms with Crippen molar-refractivity contribution in [3.63, 3.8) is 0 Å². The van der Waals surface area contributed by atoms with E-state index in [2.05, 4.69) is 149 Å². The molecule has 0 aliphatic rings. The molecule has 9 rings (SSSR count). The van der Waals surface area contributed by atoms with Gasteiger partial charge in [0.1, 0.15) is 5.75 Å². The first-order valence-electron chi connectivity index (χ1n) is 15.0. The molecule has 0 aliphatic heterocycles. The van der Waals surface area contributed by atoms with Gasteiger partial charge >= 0.3 is 0 Å². The maximum Gasteiger partial charge on any atom is 0.120 e. The topological polar surface area (TPSA) is 19.1 Å². The van der Waals surface area contributed by atoms with Crippen molar-refractivity contribution >= 4 is 54.4 Å². The molecule has 44 heavy (non-hydrogen) atoms. The Hall–Kier alpha value is -5.80. The van der Waals surface area contributed by atoms with Crippen LogP contribution in [0.4, 0.5) is 0 Å². The molecule has 0 radical (unpaired) electrons. The van der Waals surface area contributed by atoms with Gasteiger partial charge in [-0.15, -0.1) is 0 Å². The Bertz CT molecular complexity index is 2550. The lowest BCUT2D eigenvalue weighted by Crippen LogP contribution is -1.94. The molecule has 208 valence electrons. The summed E-state index contributed by atoms with van der Waals surface area (Å²) in [5.74, 6) is 0.848. The molecule has 3 nitrogen and oxygen atoms in total. The van der Waals surface area contributed by atoms with Crippen LogP contribution in [0.1, 0.15) is 0 Å². The molecular weight excluding hydrogens is 536 g/mol. The summed E-state index contributed by atoms with van der Waals surface area (Å²) < 4.78 is 10.3. The van der Waals surface area contributed by atoms with Crippen molar-refractivity contribution < 1.29 is 4.74 Å². The van der Waals surface area contributed by atoms with Gasteiger partial charge < -0.3 is 13.9 Å². The second-order valence-corrected chi connectivity index (χ2v) is 11.4. The van der Waals surface area contributed by atoms with Crippen molar-refractivity contribution in [2.24, 2.45) is 0 Å². The maximum absolute atomic E-state index is 5.55.